The SMILES string of the molecule is Cc1n[nH]c(=O)c2c(NC(=O)CN3CCN(C/C=C/c4ccccc4)CC3)oc(C)c12. The van der Waals surface area contributed by atoms with Gasteiger partial charge in [-0.3, -0.25) is 24.7 Å². The van der Waals surface area contributed by atoms with Gasteiger partial charge in [0.2, 0.25) is 11.8 Å². The van der Waals surface area contributed by atoms with E-state index in [0.717, 1.165) is 32.7 Å². The summed E-state index contributed by atoms with van der Waals surface area (Å²) in [6.45, 7) is 8.14. The van der Waals surface area contributed by atoms with Gasteiger partial charge < -0.3 is 4.42 Å². The number of furan rings is 1. The van der Waals surface area contributed by atoms with Gasteiger partial charge >= 0.3 is 0 Å². The number of nitrogens with one attached hydrogen (secondary N) is 2. The zero-order valence-electron chi connectivity index (χ0n) is 17.9. The fourth-order valence-corrected chi connectivity index (χ4v) is 3.93. The second-order valence-corrected chi connectivity index (χ2v) is 7.81. The van der Waals surface area contributed by atoms with Gasteiger partial charge in [0.05, 0.1) is 17.6 Å². The first-order valence-electron chi connectivity index (χ1n) is 10.5. The van der Waals surface area contributed by atoms with Crippen LogP contribution in [-0.4, -0.2) is 65.2 Å². The lowest BCUT2D eigenvalue weighted by atomic mass is 10.2. The van der Waals surface area contributed by atoms with Gasteiger partial charge in [-0.25, -0.2) is 5.10 Å². The van der Waals surface area contributed by atoms with Crippen molar-refractivity contribution in [3.63, 3.8) is 0 Å². The van der Waals surface area contributed by atoms with Crippen molar-refractivity contribution in [2.24, 2.45) is 0 Å². The third kappa shape index (κ3) is 4.92. The fourth-order valence-electron chi connectivity index (χ4n) is 3.93. The Morgan fingerprint density at radius 1 is 1.13 bits per heavy atom. The number of fused-ring (bicyclic) bond motifs is 1. The summed E-state index contributed by atoms with van der Waals surface area (Å²) >= 11 is 0. The smallest absolute Gasteiger partial charge is 0.277 e. The van der Waals surface area contributed by atoms with Crippen molar-refractivity contribution < 1.29 is 9.21 Å². The average molecular weight is 422 g/mol. The van der Waals surface area contributed by atoms with Gasteiger partial charge in [0, 0.05) is 32.7 Å². The zero-order valence-corrected chi connectivity index (χ0v) is 17.9. The lowest BCUT2D eigenvalue weighted by molar-refractivity contribution is -0.117. The molecule has 0 atom stereocenters. The molecule has 8 heteroatoms. The Morgan fingerprint density at radius 2 is 1.84 bits per heavy atom. The van der Waals surface area contributed by atoms with Crippen LogP contribution in [0.1, 0.15) is 17.0 Å². The molecule has 3 heterocycles. The molecule has 0 aliphatic carbocycles. The van der Waals surface area contributed by atoms with E-state index in [0.29, 0.717) is 22.2 Å². The minimum atomic E-state index is -0.370. The maximum atomic E-state index is 12.6. The lowest BCUT2D eigenvalue weighted by Crippen LogP contribution is -2.48. The van der Waals surface area contributed by atoms with Crippen LogP contribution in [-0.2, 0) is 4.79 Å². The van der Waals surface area contributed by atoms with Crippen LogP contribution in [0, 0.1) is 13.8 Å². The van der Waals surface area contributed by atoms with Crippen LogP contribution in [0.2, 0.25) is 0 Å². The Labute approximate surface area is 180 Å². The van der Waals surface area contributed by atoms with Crippen molar-refractivity contribution in [1.82, 2.24) is 20.0 Å². The van der Waals surface area contributed by atoms with E-state index in [4.69, 9.17) is 4.42 Å². The van der Waals surface area contributed by atoms with E-state index in [1.54, 1.807) is 13.8 Å². The van der Waals surface area contributed by atoms with Crippen LogP contribution in [0.15, 0.2) is 45.6 Å². The molecule has 1 aliphatic heterocycles. The fraction of sp³-hybridized carbons (Fsp3) is 0.348. The van der Waals surface area contributed by atoms with Gasteiger partial charge in [-0.2, -0.15) is 5.10 Å². The van der Waals surface area contributed by atoms with Crippen LogP contribution in [0.3, 0.4) is 0 Å². The molecular formula is C23H27N5O3. The molecule has 1 amide bonds. The van der Waals surface area contributed by atoms with Crippen LogP contribution in [0.4, 0.5) is 5.88 Å². The molecule has 1 saturated heterocycles. The topological polar surface area (TPSA) is 94.5 Å². The second kappa shape index (κ2) is 9.28. The highest BCUT2D eigenvalue weighted by Crippen LogP contribution is 2.28. The quantitative estimate of drug-likeness (QED) is 0.635. The number of anilines is 1. The van der Waals surface area contributed by atoms with Crippen LogP contribution < -0.4 is 10.9 Å². The number of aromatic nitrogens is 2. The number of rotatable bonds is 6. The molecule has 2 aromatic heterocycles. The lowest BCUT2D eigenvalue weighted by Gasteiger charge is -2.33. The molecule has 0 saturated carbocycles. The van der Waals surface area contributed by atoms with E-state index in [1.165, 1.54) is 5.56 Å². The first-order chi connectivity index (χ1) is 15.0. The van der Waals surface area contributed by atoms with Gasteiger partial charge in [0.15, 0.2) is 0 Å². The monoisotopic (exact) mass is 421 g/mol. The number of aromatic amines is 1. The van der Waals surface area contributed by atoms with E-state index in [2.05, 4.69) is 49.6 Å². The largest absolute Gasteiger partial charge is 0.444 e. The number of carbonyl (C=O) groups is 1. The number of hydrogen-bond donors (Lipinski definition) is 2. The number of benzene rings is 1. The molecule has 0 spiro atoms. The van der Waals surface area contributed by atoms with Gasteiger partial charge in [-0.15, -0.1) is 0 Å². The summed E-state index contributed by atoms with van der Waals surface area (Å²) in [6.07, 6.45) is 4.31. The number of aryl methyl sites for hydroxylation is 2. The van der Waals surface area contributed by atoms with E-state index < -0.39 is 0 Å². The Hall–Kier alpha value is -3.23. The molecule has 8 nitrogen and oxygen atoms in total. The van der Waals surface area contributed by atoms with Gasteiger partial charge in [0.25, 0.3) is 5.56 Å². The molecule has 31 heavy (non-hydrogen) atoms. The maximum absolute atomic E-state index is 12.6. The molecule has 1 aliphatic rings. The normalized spacial score (nSPS) is 15.7. The molecular weight excluding hydrogens is 394 g/mol. The van der Waals surface area contributed by atoms with Crippen LogP contribution >= 0.6 is 0 Å². The predicted molar refractivity (Wildman–Crippen MR) is 121 cm³/mol. The van der Waals surface area contributed by atoms with Gasteiger partial charge in [0.1, 0.15) is 11.1 Å². The van der Waals surface area contributed by atoms with Crippen molar-refractivity contribution in [3.05, 3.63) is 63.8 Å². The number of carbonyl (C=O) groups excluding carboxylic acids is 1. The third-order valence-electron chi connectivity index (χ3n) is 5.56. The molecule has 3 aromatic rings. The molecule has 0 radical (unpaired) electrons. The Balaban J connectivity index is 1.29. The van der Waals surface area contributed by atoms with Crippen LogP contribution in [0.5, 0.6) is 0 Å². The van der Waals surface area contributed by atoms with E-state index in [-0.39, 0.29) is 23.9 Å². The Kier molecular flexibility index (Phi) is 6.29. The molecule has 0 unspecified atom stereocenters. The van der Waals surface area contributed by atoms with Crippen LogP contribution in [0.25, 0.3) is 16.8 Å². The number of hydrogen-bond acceptors (Lipinski definition) is 6. The summed E-state index contributed by atoms with van der Waals surface area (Å²) in [5.41, 5.74) is 1.49. The molecule has 1 aromatic carbocycles. The summed E-state index contributed by atoms with van der Waals surface area (Å²) in [5.74, 6) is 0.564. The first kappa shape index (κ1) is 21.0. The van der Waals surface area contributed by atoms with E-state index >= 15 is 0 Å². The van der Waals surface area contributed by atoms with Crippen molar-refractivity contribution in [2.45, 2.75) is 13.8 Å². The van der Waals surface area contributed by atoms with E-state index in [9.17, 15) is 9.59 Å². The van der Waals surface area contributed by atoms with Gasteiger partial charge in [-0.05, 0) is 19.4 Å². The average Bonchev–Trinajstić information content (AvgIpc) is 3.09. The summed E-state index contributed by atoms with van der Waals surface area (Å²) in [5, 5.41) is 10.2. The molecule has 2 N–H and O–H groups in total. The minimum absolute atomic E-state index is 0.189. The standard InChI is InChI=1S/C23H27N5O3/c1-16-20-17(2)31-23(21(20)22(30)26-25-16)24-19(29)15-28-13-11-27(12-14-28)10-6-9-18-7-4-3-5-8-18/h3-9H,10-15H2,1-2H3,(H,24,29)(H,26,30)/b9-6+. The van der Waals surface area contributed by atoms with Crippen molar-refractivity contribution in [2.75, 3.05) is 44.6 Å². The first-order valence-corrected chi connectivity index (χ1v) is 10.5. The number of amides is 1. The summed E-state index contributed by atoms with van der Waals surface area (Å²) < 4.78 is 5.66. The van der Waals surface area contributed by atoms with Crippen molar-refractivity contribution in [1.29, 1.82) is 0 Å². The molecule has 1 fully saturated rings. The highest BCUT2D eigenvalue weighted by molar-refractivity contribution is 6.01. The number of piperazine rings is 1. The summed E-state index contributed by atoms with van der Waals surface area (Å²) in [4.78, 5) is 29.3. The van der Waals surface area contributed by atoms with Gasteiger partial charge in [-0.1, -0.05) is 42.5 Å². The number of nitrogens with zero attached hydrogens (tertiary/aromatic N) is 3. The highest BCUT2D eigenvalue weighted by Gasteiger charge is 2.21. The highest BCUT2D eigenvalue weighted by atomic mass is 16.4. The van der Waals surface area contributed by atoms with Crippen molar-refractivity contribution in [3.8, 4) is 0 Å². The number of H-pyrrole nitrogens is 1. The third-order valence-corrected chi connectivity index (χ3v) is 5.56. The van der Waals surface area contributed by atoms with E-state index in [1.807, 2.05) is 18.2 Å². The minimum Gasteiger partial charge on any atom is -0.444 e. The van der Waals surface area contributed by atoms with Crippen molar-refractivity contribution >= 4 is 28.6 Å². The zero-order chi connectivity index (χ0) is 21.8. The summed E-state index contributed by atoms with van der Waals surface area (Å²) in [6, 6.07) is 10.2. The second-order valence-electron chi connectivity index (χ2n) is 7.81. The summed E-state index contributed by atoms with van der Waals surface area (Å²) in [7, 11) is 0. The molecule has 4 rings (SSSR count). The molecule has 0 bridgehead atoms. The predicted octanol–water partition coefficient (Wildman–Crippen LogP) is 2.40. The Bertz CT molecular complexity index is 1140. The maximum Gasteiger partial charge on any atom is 0.277 e. The molecule has 162 valence electrons. The Morgan fingerprint density at radius 3 is 2.58 bits per heavy atom.